The van der Waals surface area contributed by atoms with Crippen molar-refractivity contribution in [2.75, 3.05) is 13.1 Å². The highest BCUT2D eigenvalue weighted by molar-refractivity contribution is 5.75. The van der Waals surface area contributed by atoms with Crippen LogP contribution in [0.5, 0.6) is 0 Å². The number of urea groups is 1. The van der Waals surface area contributed by atoms with Crippen molar-refractivity contribution in [3.63, 3.8) is 0 Å². The normalized spacial score (nSPS) is 23.3. The Kier molecular flexibility index (Phi) is 4.21. The van der Waals surface area contributed by atoms with Crippen molar-refractivity contribution in [3.8, 4) is 5.69 Å². The fraction of sp³-hybridized carbons (Fsp3) is 0.444. The second-order valence-electron chi connectivity index (χ2n) is 6.82. The summed E-state index contributed by atoms with van der Waals surface area (Å²) in [5.74, 6) is 1.82. The van der Waals surface area contributed by atoms with Crippen LogP contribution >= 0.6 is 0 Å². The number of benzene rings is 1. The van der Waals surface area contributed by atoms with Crippen LogP contribution in [-0.2, 0) is 0 Å². The molecule has 4 rings (SSSR count). The smallest absolute Gasteiger partial charge is 0.317 e. The molecule has 2 amide bonds. The van der Waals surface area contributed by atoms with E-state index >= 15 is 0 Å². The fourth-order valence-electron chi connectivity index (χ4n) is 3.74. The lowest BCUT2D eigenvalue weighted by molar-refractivity contribution is 0.202. The maximum absolute atomic E-state index is 12.7. The summed E-state index contributed by atoms with van der Waals surface area (Å²) in [5.41, 5.74) is 0.877. The third-order valence-electron chi connectivity index (χ3n) is 5.13. The molecule has 1 aromatic heterocycles. The molecule has 3 atom stereocenters. The van der Waals surface area contributed by atoms with E-state index in [1.807, 2.05) is 42.2 Å². The first-order valence-corrected chi connectivity index (χ1v) is 8.76. The van der Waals surface area contributed by atoms with Crippen LogP contribution in [0.3, 0.4) is 0 Å². The molecule has 2 aliphatic rings. The van der Waals surface area contributed by atoms with Crippen LogP contribution in [0, 0.1) is 11.8 Å². The minimum atomic E-state index is -0.275. The molecule has 0 radical (unpaired) electrons. The highest BCUT2D eigenvalue weighted by atomic mass is 16.2. The average Bonchev–Trinajstić information content (AvgIpc) is 3.29. The van der Waals surface area contributed by atoms with Gasteiger partial charge in [0, 0.05) is 13.1 Å². The maximum atomic E-state index is 12.7. The summed E-state index contributed by atoms with van der Waals surface area (Å²) in [5, 5.41) is 15.0. The second kappa shape index (κ2) is 6.66. The number of para-hydroxylation sites is 1. The zero-order valence-corrected chi connectivity index (χ0v) is 14.2. The number of amides is 2. The molecule has 1 aliphatic carbocycles. The van der Waals surface area contributed by atoms with E-state index < -0.39 is 0 Å². The summed E-state index contributed by atoms with van der Waals surface area (Å²) in [6, 6.07) is 9.38. The van der Waals surface area contributed by atoms with Crippen molar-refractivity contribution in [2.45, 2.75) is 25.8 Å². The van der Waals surface area contributed by atoms with Gasteiger partial charge in [-0.1, -0.05) is 30.4 Å². The lowest BCUT2D eigenvalue weighted by atomic mass is 9.86. The van der Waals surface area contributed by atoms with E-state index in [0.717, 1.165) is 31.6 Å². The Bertz CT molecular complexity index is 755. The largest absolute Gasteiger partial charge is 0.328 e. The quantitative estimate of drug-likeness (QED) is 0.872. The minimum absolute atomic E-state index is 0.0375. The number of fused-ring (bicyclic) bond motifs is 1. The van der Waals surface area contributed by atoms with Gasteiger partial charge in [0.05, 0.1) is 11.7 Å². The molecule has 25 heavy (non-hydrogen) atoms. The Hall–Kier alpha value is -2.70. The molecular formula is C18H22N6O. The molecule has 130 valence electrons. The summed E-state index contributed by atoms with van der Waals surface area (Å²) in [6.45, 7) is 3.57. The van der Waals surface area contributed by atoms with E-state index in [4.69, 9.17) is 0 Å². The lowest BCUT2D eigenvalue weighted by Crippen LogP contribution is -2.40. The molecule has 7 heteroatoms. The van der Waals surface area contributed by atoms with Crippen molar-refractivity contribution < 1.29 is 4.79 Å². The molecule has 0 spiro atoms. The van der Waals surface area contributed by atoms with Crippen molar-refractivity contribution >= 4 is 6.03 Å². The molecular weight excluding hydrogens is 316 g/mol. The number of carbonyl (C=O) groups excluding carboxylic acids is 1. The van der Waals surface area contributed by atoms with Crippen LogP contribution in [0.15, 0.2) is 42.5 Å². The van der Waals surface area contributed by atoms with Gasteiger partial charge in [-0.25, -0.2) is 4.79 Å². The van der Waals surface area contributed by atoms with E-state index in [1.165, 1.54) is 0 Å². The molecule has 2 heterocycles. The monoisotopic (exact) mass is 338 g/mol. The van der Waals surface area contributed by atoms with E-state index in [1.54, 1.807) is 4.68 Å². The van der Waals surface area contributed by atoms with Crippen LogP contribution in [0.4, 0.5) is 4.79 Å². The second-order valence-corrected chi connectivity index (χ2v) is 6.82. The molecule has 1 aromatic carbocycles. The Morgan fingerprint density at radius 2 is 1.84 bits per heavy atom. The van der Waals surface area contributed by atoms with Crippen molar-refractivity contribution in [2.24, 2.45) is 11.8 Å². The maximum Gasteiger partial charge on any atom is 0.317 e. The summed E-state index contributed by atoms with van der Waals surface area (Å²) >= 11 is 0. The van der Waals surface area contributed by atoms with E-state index in [0.29, 0.717) is 17.7 Å². The van der Waals surface area contributed by atoms with Crippen LogP contribution in [-0.4, -0.2) is 44.2 Å². The number of hydrogen-bond donors (Lipinski definition) is 1. The SMILES string of the molecule is C[C@H](NC(=O)N1C[C@H]2CC=CC[C@H]2C1)c1nnnn1-c1ccccc1. The van der Waals surface area contributed by atoms with Gasteiger partial charge in [-0.3, -0.25) is 0 Å². The average molecular weight is 338 g/mol. The lowest BCUT2D eigenvalue weighted by Gasteiger charge is -2.20. The van der Waals surface area contributed by atoms with Gasteiger partial charge in [0.2, 0.25) is 0 Å². The van der Waals surface area contributed by atoms with Gasteiger partial charge in [0.1, 0.15) is 0 Å². The van der Waals surface area contributed by atoms with Gasteiger partial charge in [-0.2, -0.15) is 4.68 Å². The zero-order valence-electron chi connectivity index (χ0n) is 14.2. The van der Waals surface area contributed by atoms with E-state index in [-0.39, 0.29) is 12.1 Å². The third-order valence-corrected chi connectivity index (χ3v) is 5.13. The Labute approximate surface area is 146 Å². The number of nitrogens with zero attached hydrogens (tertiary/aromatic N) is 5. The first-order valence-electron chi connectivity index (χ1n) is 8.76. The van der Waals surface area contributed by atoms with Gasteiger partial charge in [0.15, 0.2) is 5.82 Å². The predicted octanol–water partition coefficient (Wildman–Crippen LogP) is 2.33. The molecule has 1 saturated heterocycles. The summed E-state index contributed by atoms with van der Waals surface area (Å²) < 4.78 is 1.67. The summed E-state index contributed by atoms with van der Waals surface area (Å²) in [4.78, 5) is 14.6. The zero-order chi connectivity index (χ0) is 17.2. The molecule has 0 bridgehead atoms. The van der Waals surface area contributed by atoms with Crippen LogP contribution < -0.4 is 5.32 Å². The Morgan fingerprint density at radius 3 is 2.52 bits per heavy atom. The third kappa shape index (κ3) is 3.14. The number of rotatable bonds is 3. The fourth-order valence-corrected chi connectivity index (χ4v) is 3.74. The van der Waals surface area contributed by atoms with Gasteiger partial charge in [-0.05, 0) is 54.2 Å². The van der Waals surface area contributed by atoms with Gasteiger partial charge >= 0.3 is 6.03 Å². The molecule has 7 nitrogen and oxygen atoms in total. The minimum Gasteiger partial charge on any atom is -0.328 e. The Balaban J connectivity index is 1.44. The van der Waals surface area contributed by atoms with Gasteiger partial charge in [-0.15, -0.1) is 5.10 Å². The number of allylic oxidation sites excluding steroid dienone is 2. The molecule has 0 unspecified atom stereocenters. The van der Waals surface area contributed by atoms with Gasteiger partial charge in [0.25, 0.3) is 0 Å². The number of aromatic nitrogens is 4. The molecule has 1 aliphatic heterocycles. The standard InChI is InChI=1S/C18H22N6O/c1-13(17-20-21-22-24(17)16-9-3-2-4-10-16)19-18(25)23-11-14-7-5-6-8-15(14)12-23/h2-6,9-10,13-15H,7-8,11-12H2,1H3,(H,19,25)/t13-,14-,15+/m0/s1. The van der Waals surface area contributed by atoms with Crippen molar-refractivity contribution in [3.05, 3.63) is 48.3 Å². The number of nitrogens with one attached hydrogen (secondary N) is 1. The Morgan fingerprint density at radius 1 is 1.16 bits per heavy atom. The number of likely N-dealkylation sites (tertiary alicyclic amines) is 1. The van der Waals surface area contributed by atoms with Crippen LogP contribution in [0.2, 0.25) is 0 Å². The molecule has 1 fully saturated rings. The summed E-state index contributed by atoms with van der Waals surface area (Å²) in [6.07, 6.45) is 6.63. The molecule has 0 saturated carbocycles. The van der Waals surface area contributed by atoms with Gasteiger partial charge < -0.3 is 10.2 Å². The first-order chi connectivity index (χ1) is 12.2. The summed E-state index contributed by atoms with van der Waals surface area (Å²) in [7, 11) is 0. The van der Waals surface area contributed by atoms with E-state index in [2.05, 4.69) is 33.0 Å². The highest BCUT2D eigenvalue weighted by Crippen LogP contribution is 2.32. The molecule has 2 aromatic rings. The molecule has 1 N–H and O–H groups in total. The van der Waals surface area contributed by atoms with Crippen LogP contribution in [0.25, 0.3) is 5.69 Å². The van der Waals surface area contributed by atoms with E-state index in [9.17, 15) is 4.79 Å². The predicted molar refractivity (Wildman–Crippen MR) is 93.0 cm³/mol. The van der Waals surface area contributed by atoms with Crippen molar-refractivity contribution in [1.82, 2.24) is 30.4 Å². The van der Waals surface area contributed by atoms with Crippen molar-refractivity contribution in [1.29, 1.82) is 0 Å². The number of carbonyl (C=O) groups is 1. The first kappa shape index (κ1) is 15.8. The van der Waals surface area contributed by atoms with Crippen LogP contribution in [0.1, 0.15) is 31.6 Å². The number of hydrogen-bond acceptors (Lipinski definition) is 4. The highest BCUT2D eigenvalue weighted by Gasteiger charge is 2.35. The topological polar surface area (TPSA) is 75.9 Å². The number of tetrazole rings is 1.